The molecule has 0 aliphatic heterocycles. The van der Waals surface area contributed by atoms with Crippen LogP contribution in [0.4, 0.5) is 17.1 Å². The Hall–Kier alpha value is -6.64. The lowest BCUT2D eigenvalue weighted by Crippen LogP contribution is -2.12. The summed E-state index contributed by atoms with van der Waals surface area (Å²) < 4.78 is 6.65. The number of rotatable bonds is 7. The van der Waals surface area contributed by atoms with Gasteiger partial charge in [0.25, 0.3) is 0 Å². The van der Waals surface area contributed by atoms with Gasteiger partial charge in [0, 0.05) is 33.6 Å². The van der Waals surface area contributed by atoms with E-state index in [2.05, 4.69) is 214 Å². The maximum absolute atomic E-state index is 6.65. The molecular weight excluding hydrogens is 655 g/mol. The van der Waals surface area contributed by atoms with Crippen LogP contribution in [0.1, 0.15) is 26.3 Å². The predicted octanol–water partition coefficient (Wildman–Crippen LogP) is 15.0. The summed E-state index contributed by atoms with van der Waals surface area (Å²) in [6.45, 7) is 6.79. The monoisotopic (exact) mass is 695 g/mol. The fourth-order valence-electron chi connectivity index (χ4n) is 7.81. The first-order valence-electron chi connectivity index (χ1n) is 18.7. The topological polar surface area (TPSA) is 16.4 Å². The highest BCUT2D eigenvalue weighted by molar-refractivity contribution is 5.97. The van der Waals surface area contributed by atoms with Crippen molar-refractivity contribution < 1.29 is 4.42 Å². The van der Waals surface area contributed by atoms with Crippen molar-refractivity contribution in [3.8, 4) is 44.7 Å². The molecule has 1 aromatic heterocycles. The zero-order valence-corrected chi connectivity index (χ0v) is 30.8. The molecule has 0 radical (unpaired) electrons. The van der Waals surface area contributed by atoms with Gasteiger partial charge >= 0.3 is 0 Å². The van der Waals surface area contributed by atoms with Gasteiger partial charge in [-0.25, -0.2) is 0 Å². The van der Waals surface area contributed by atoms with Gasteiger partial charge in [0.15, 0.2) is 0 Å². The molecule has 260 valence electrons. The maximum Gasteiger partial charge on any atom is 0.139 e. The van der Waals surface area contributed by atoms with Gasteiger partial charge in [0.2, 0.25) is 0 Å². The van der Waals surface area contributed by atoms with Gasteiger partial charge in [-0.05, 0) is 98.1 Å². The Morgan fingerprint density at radius 3 is 1.65 bits per heavy atom. The van der Waals surface area contributed by atoms with E-state index in [9.17, 15) is 0 Å². The van der Waals surface area contributed by atoms with Crippen LogP contribution in [0.25, 0.3) is 66.4 Å². The van der Waals surface area contributed by atoms with Crippen molar-refractivity contribution >= 4 is 38.8 Å². The molecule has 1 heterocycles. The van der Waals surface area contributed by atoms with Crippen LogP contribution in [0.3, 0.4) is 0 Å². The standard InChI is InChI=1S/C52H41NO/c1-52(2,3)50-48-23-9-10-25-49(48)54-51(50)42-20-12-21-45(35-42)53(44-32-28-39(29-33-44)47-24-13-17-38-16-7-8-22-46(38)47)43-30-26-37(27-31-43)41-19-11-18-40(34-41)36-14-5-4-6-15-36/h4-35H,1-3H3. The van der Waals surface area contributed by atoms with Gasteiger partial charge in [-0.2, -0.15) is 0 Å². The van der Waals surface area contributed by atoms with Crippen molar-refractivity contribution in [2.75, 3.05) is 4.90 Å². The number of furan rings is 1. The highest BCUT2D eigenvalue weighted by atomic mass is 16.3. The van der Waals surface area contributed by atoms with Crippen LogP contribution in [-0.4, -0.2) is 0 Å². The Bertz CT molecular complexity index is 2730. The van der Waals surface area contributed by atoms with E-state index in [4.69, 9.17) is 4.42 Å². The van der Waals surface area contributed by atoms with Crippen LogP contribution in [0.15, 0.2) is 199 Å². The summed E-state index contributed by atoms with van der Waals surface area (Å²) in [7, 11) is 0. The highest BCUT2D eigenvalue weighted by Crippen LogP contribution is 2.44. The van der Waals surface area contributed by atoms with Crippen LogP contribution < -0.4 is 4.90 Å². The van der Waals surface area contributed by atoms with E-state index < -0.39 is 0 Å². The van der Waals surface area contributed by atoms with Crippen molar-refractivity contribution in [1.82, 2.24) is 0 Å². The molecular formula is C52H41NO. The molecule has 0 saturated heterocycles. The minimum atomic E-state index is -0.108. The molecule has 0 spiro atoms. The van der Waals surface area contributed by atoms with Crippen molar-refractivity contribution in [3.05, 3.63) is 200 Å². The molecule has 2 nitrogen and oxygen atoms in total. The van der Waals surface area contributed by atoms with E-state index in [0.717, 1.165) is 34.0 Å². The van der Waals surface area contributed by atoms with Crippen molar-refractivity contribution in [2.24, 2.45) is 0 Å². The number of para-hydroxylation sites is 1. The Balaban J connectivity index is 1.15. The lowest BCUT2D eigenvalue weighted by atomic mass is 9.83. The lowest BCUT2D eigenvalue weighted by molar-refractivity contribution is 0.568. The molecule has 0 unspecified atom stereocenters. The average Bonchev–Trinajstić information content (AvgIpc) is 3.63. The summed E-state index contributed by atoms with van der Waals surface area (Å²) in [6, 6.07) is 69.5. The zero-order valence-electron chi connectivity index (χ0n) is 30.8. The van der Waals surface area contributed by atoms with Gasteiger partial charge in [-0.15, -0.1) is 0 Å². The molecule has 0 N–H and O–H groups in total. The predicted molar refractivity (Wildman–Crippen MR) is 229 cm³/mol. The molecule has 0 saturated carbocycles. The summed E-state index contributed by atoms with van der Waals surface area (Å²) >= 11 is 0. The molecule has 0 fully saturated rings. The van der Waals surface area contributed by atoms with Gasteiger partial charge in [-0.3, -0.25) is 0 Å². The van der Waals surface area contributed by atoms with E-state index in [1.807, 2.05) is 6.07 Å². The van der Waals surface area contributed by atoms with Crippen LogP contribution in [0, 0.1) is 0 Å². The SMILES string of the molecule is CC(C)(C)c1c(-c2cccc(N(c3ccc(-c4cccc(-c5ccccc5)c4)cc3)c3ccc(-c4cccc5ccccc45)cc3)c2)oc2ccccc12. The van der Waals surface area contributed by atoms with Crippen LogP contribution in [0.5, 0.6) is 0 Å². The summed E-state index contributed by atoms with van der Waals surface area (Å²) in [6.07, 6.45) is 0. The van der Waals surface area contributed by atoms with Crippen molar-refractivity contribution in [3.63, 3.8) is 0 Å². The van der Waals surface area contributed by atoms with Crippen molar-refractivity contribution in [2.45, 2.75) is 26.2 Å². The summed E-state index contributed by atoms with van der Waals surface area (Å²) in [5.74, 6) is 0.922. The molecule has 0 bridgehead atoms. The van der Waals surface area contributed by atoms with Gasteiger partial charge in [0.05, 0.1) is 0 Å². The number of hydrogen-bond acceptors (Lipinski definition) is 2. The molecule has 0 atom stereocenters. The normalized spacial score (nSPS) is 11.6. The molecule has 0 aliphatic carbocycles. The second-order valence-electron chi connectivity index (χ2n) is 15.0. The fraction of sp³-hybridized carbons (Fsp3) is 0.0769. The Morgan fingerprint density at radius 2 is 0.926 bits per heavy atom. The van der Waals surface area contributed by atoms with Crippen LogP contribution in [-0.2, 0) is 5.41 Å². The first-order chi connectivity index (χ1) is 26.4. The van der Waals surface area contributed by atoms with E-state index in [1.165, 1.54) is 55.1 Å². The number of nitrogens with zero attached hydrogens (tertiary/aromatic N) is 1. The Labute approximate surface area is 317 Å². The fourth-order valence-corrected chi connectivity index (χ4v) is 7.81. The first kappa shape index (κ1) is 33.2. The van der Waals surface area contributed by atoms with Gasteiger partial charge < -0.3 is 9.32 Å². The quantitative estimate of drug-likeness (QED) is 0.165. The summed E-state index contributed by atoms with van der Waals surface area (Å²) in [5.41, 5.74) is 13.5. The van der Waals surface area contributed by atoms with E-state index in [0.29, 0.717) is 0 Å². The first-order valence-corrected chi connectivity index (χ1v) is 18.7. The molecule has 9 aromatic rings. The Morgan fingerprint density at radius 1 is 0.389 bits per heavy atom. The summed E-state index contributed by atoms with van der Waals surface area (Å²) in [4.78, 5) is 2.35. The van der Waals surface area contributed by atoms with E-state index in [1.54, 1.807) is 0 Å². The number of hydrogen-bond donors (Lipinski definition) is 0. The van der Waals surface area contributed by atoms with Crippen LogP contribution >= 0.6 is 0 Å². The smallest absolute Gasteiger partial charge is 0.139 e. The number of benzene rings is 8. The third kappa shape index (κ3) is 6.27. The third-order valence-electron chi connectivity index (χ3n) is 10.4. The largest absolute Gasteiger partial charge is 0.456 e. The minimum absolute atomic E-state index is 0.108. The lowest BCUT2D eigenvalue weighted by Gasteiger charge is -2.27. The van der Waals surface area contributed by atoms with Gasteiger partial charge in [0.1, 0.15) is 11.3 Å². The molecule has 0 aliphatic rings. The highest BCUT2D eigenvalue weighted by Gasteiger charge is 2.26. The number of anilines is 3. The molecule has 9 rings (SSSR count). The molecule has 54 heavy (non-hydrogen) atoms. The number of fused-ring (bicyclic) bond motifs is 2. The average molecular weight is 696 g/mol. The molecule has 0 amide bonds. The van der Waals surface area contributed by atoms with Gasteiger partial charge in [-0.1, -0.05) is 166 Å². The third-order valence-corrected chi connectivity index (χ3v) is 10.4. The minimum Gasteiger partial charge on any atom is -0.456 e. The summed E-state index contributed by atoms with van der Waals surface area (Å²) in [5, 5.41) is 3.66. The second kappa shape index (κ2) is 13.7. The van der Waals surface area contributed by atoms with E-state index >= 15 is 0 Å². The zero-order chi connectivity index (χ0) is 36.6. The second-order valence-corrected chi connectivity index (χ2v) is 15.0. The molecule has 8 aromatic carbocycles. The molecule has 2 heteroatoms. The van der Waals surface area contributed by atoms with E-state index in [-0.39, 0.29) is 5.41 Å². The van der Waals surface area contributed by atoms with Crippen LogP contribution in [0.2, 0.25) is 0 Å². The Kier molecular flexibility index (Phi) is 8.44. The van der Waals surface area contributed by atoms with Crippen molar-refractivity contribution in [1.29, 1.82) is 0 Å². The maximum atomic E-state index is 6.65.